The third kappa shape index (κ3) is 2.71. The van der Waals surface area contributed by atoms with Crippen molar-refractivity contribution in [2.24, 2.45) is 0 Å². The molecule has 0 aliphatic carbocycles. The molecule has 1 N–H and O–H groups in total. The Morgan fingerprint density at radius 2 is 2.05 bits per heavy atom. The zero-order valence-corrected chi connectivity index (χ0v) is 11.7. The molecule has 21 heavy (non-hydrogen) atoms. The van der Waals surface area contributed by atoms with E-state index in [0.29, 0.717) is 6.54 Å². The quantitative estimate of drug-likeness (QED) is 0.567. The summed E-state index contributed by atoms with van der Waals surface area (Å²) in [5.74, 6) is -0.622. The van der Waals surface area contributed by atoms with Gasteiger partial charge in [-0.15, -0.1) is 11.3 Å². The lowest BCUT2D eigenvalue weighted by atomic mass is 10.2. The Morgan fingerprint density at radius 3 is 2.81 bits per heavy atom. The summed E-state index contributed by atoms with van der Waals surface area (Å²) in [6.45, 7) is 0.471. The van der Waals surface area contributed by atoms with Crippen LogP contribution >= 0.6 is 11.3 Å². The van der Waals surface area contributed by atoms with Gasteiger partial charge in [0.15, 0.2) is 5.82 Å². The number of nitro groups is 1. The van der Waals surface area contributed by atoms with Crippen LogP contribution in [0.3, 0.4) is 0 Å². The molecule has 6 heteroatoms. The van der Waals surface area contributed by atoms with E-state index < -0.39 is 10.7 Å². The summed E-state index contributed by atoms with van der Waals surface area (Å²) >= 11 is 1.64. The molecule has 0 saturated carbocycles. The summed E-state index contributed by atoms with van der Waals surface area (Å²) in [4.78, 5) is 9.96. The number of rotatable bonds is 4. The van der Waals surface area contributed by atoms with E-state index in [-0.39, 0.29) is 11.4 Å². The number of hydrogen-bond acceptors (Lipinski definition) is 4. The van der Waals surface area contributed by atoms with Crippen LogP contribution in [0.15, 0.2) is 47.8 Å². The van der Waals surface area contributed by atoms with Gasteiger partial charge in [0, 0.05) is 17.3 Å². The lowest BCUT2D eigenvalue weighted by molar-refractivity contribution is -0.385. The summed E-state index contributed by atoms with van der Waals surface area (Å²) in [6.07, 6.45) is 0. The molecule has 0 fully saturated rings. The topological polar surface area (TPSA) is 55.2 Å². The van der Waals surface area contributed by atoms with Crippen LogP contribution in [-0.4, -0.2) is 4.92 Å². The van der Waals surface area contributed by atoms with Crippen LogP contribution in [0.5, 0.6) is 0 Å². The van der Waals surface area contributed by atoms with Crippen LogP contribution in [0.25, 0.3) is 10.1 Å². The smallest absolute Gasteiger partial charge is 0.272 e. The Bertz CT molecular complexity index is 816. The van der Waals surface area contributed by atoms with Crippen LogP contribution in [0, 0.1) is 15.9 Å². The van der Waals surface area contributed by atoms with E-state index >= 15 is 0 Å². The Balaban J connectivity index is 1.80. The first kappa shape index (κ1) is 13.5. The highest BCUT2D eigenvalue weighted by Crippen LogP contribution is 2.27. The number of halogens is 1. The van der Waals surface area contributed by atoms with Crippen molar-refractivity contribution >= 4 is 32.8 Å². The number of non-ortho nitro benzene ring substituents is 1. The first-order valence-electron chi connectivity index (χ1n) is 6.28. The highest BCUT2D eigenvalue weighted by molar-refractivity contribution is 7.17. The predicted molar refractivity (Wildman–Crippen MR) is 82.2 cm³/mol. The van der Waals surface area contributed by atoms with Gasteiger partial charge in [-0.3, -0.25) is 10.1 Å². The molecule has 3 aromatic rings. The molecule has 0 unspecified atom stereocenters. The molecule has 2 aromatic carbocycles. The largest absolute Gasteiger partial charge is 0.379 e. The van der Waals surface area contributed by atoms with Gasteiger partial charge in [-0.2, -0.15) is 0 Å². The first-order valence-corrected chi connectivity index (χ1v) is 7.16. The molecule has 0 bridgehead atoms. The minimum absolute atomic E-state index is 0.251. The monoisotopic (exact) mass is 302 g/mol. The van der Waals surface area contributed by atoms with E-state index in [0.717, 1.165) is 17.0 Å². The normalized spacial score (nSPS) is 10.7. The van der Waals surface area contributed by atoms with Crippen LogP contribution < -0.4 is 5.32 Å². The maximum atomic E-state index is 13.8. The van der Waals surface area contributed by atoms with Gasteiger partial charge < -0.3 is 5.32 Å². The van der Waals surface area contributed by atoms with E-state index in [4.69, 9.17) is 0 Å². The van der Waals surface area contributed by atoms with E-state index in [2.05, 4.69) is 5.32 Å². The minimum Gasteiger partial charge on any atom is -0.379 e. The Labute approximate surface area is 124 Å². The second kappa shape index (κ2) is 5.49. The Morgan fingerprint density at radius 1 is 1.24 bits per heavy atom. The molecule has 0 radical (unpaired) electrons. The van der Waals surface area contributed by atoms with Gasteiger partial charge in [0.25, 0.3) is 5.69 Å². The van der Waals surface area contributed by atoms with Gasteiger partial charge in [-0.05, 0) is 28.5 Å². The van der Waals surface area contributed by atoms with Gasteiger partial charge >= 0.3 is 0 Å². The summed E-state index contributed by atoms with van der Waals surface area (Å²) in [5.41, 5.74) is 1.09. The average molecular weight is 302 g/mol. The molecule has 0 aliphatic heterocycles. The highest BCUT2D eigenvalue weighted by atomic mass is 32.1. The number of nitro benzene ring substituents is 1. The molecule has 0 atom stereocenters. The molecule has 0 saturated heterocycles. The summed E-state index contributed by atoms with van der Waals surface area (Å²) in [7, 11) is 0. The Hall–Kier alpha value is -2.47. The van der Waals surface area contributed by atoms with Crippen molar-refractivity contribution in [3.63, 3.8) is 0 Å². The van der Waals surface area contributed by atoms with Crippen molar-refractivity contribution in [3.05, 3.63) is 69.3 Å². The van der Waals surface area contributed by atoms with Gasteiger partial charge in [0.05, 0.1) is 16.7 Å². The number of nitrogens with one attached hydrogen (secondary N) is 1. The maximum absolute atomic E-state index is 13.8. The number of hydrogen-bond donors (Lipinski definition) is 1. The van der Waals surface area contributed by atoms with Crippen molar-refractivity contribution in [3.8, 4) is 0 Å². The molecular weight excluding hydrogens is 291 g/mol. The molecule has 0 amide bonds. The van der Waals surface area contributed by atoms with E-state index in [1.54, 1.807) is 11.3 Å². The van der Waals surface area contributed by atoms with Crippen LogP contribution in [0.4, 0.5) is 15.8 Å². The van der Waals surface area contributed by atoms with Crippen molar-refractivity contribution in [1.82, 2.24) is 0 Å². The van der Waals surface area contributed by atoms with Gasteiger partial charge in [0.1, 0.15) is 0 Å². The fourth-order valence-electron chi connectivity index (χ4n) is 2.12. The van der Waals surface area contributed by atoms with Crippen molar-refractivity contribution in [1.29, 1.82) is 0 Å². The number of thiophene rings is 1. The number of benzene rings is 2. The molecule has 1 heterocycles. The molecular formula is C15H11FN2O2S. The second-order valence-corrected chi connectivity index (χ2v) is 5.44. The predicted octanol–water partition coefficient (Wildman–Crippen LogP) is 4.56. The SMILES string of the molecule is O=[N+]([O-])c1ccc(NCc2csc3ccccc23)c(F)c1. The average Bonchev–Trinajstić information content (AvgIpc) is 2.89. The van der Waals surface area contributed by atoms with Crippen LogP contribution in [0.1, 0.15) is 5.56 Å². The van der Waals surface area contributed by atoms with Crippen molar-refractivity contribution < 1.29 is 9.31 Å². The summed E-state index contributed by atoms with van der Waals surface area (Å²) in [5, 5.41) is 16.7. The molecule has 0 spiro atoms. The standard InChI is InChI=1S/C15H11FN2O2S/c16-13-7-11(18(19)20)5-6-14(13)17-8-10-9-21-15-4-2-1-3-12(10)15/h1-7,9,17H,8H2. The molecule has 1 aromatic heterocycles. The van der Waals surface area contributed by atoms with Gasteiger partial charge in [-0.25, -0.2) is 4.39 Å². The van der Waals surface area contributed by atoms with Crippen molar-refractivity contribution in [2.75, 3.05) is 5.32 Å². The second-order valence-electron chi connectivity index (χ2n) is 4.53. The number of nitrogens with zero attached hydrogens (tertiary/aromatic N) is 1. The first-order chi connectivity index (χ1) is 10.1. The zero-order chi connectivity index (χ0) is 14.8. The molecule has 106 valence electrons. The minimum atomic E-state index is -0.622. The molecule has 3 rings (SSSR count). The zero-order valence-electron chi connectivity index (χ0n) is 10.9. The lowest BCUT2D eigenvalue weighted by Crippen LogP contribution is -2.01. The van der Waals surface area contributed by atoms with Gasteiger partial charge in [-0.1, -0.05) is 18.2 Å². The highest BCUT2D eigenvalue weighted by Gasteiger charge is 2.11. The maximum Gasteiger partial charge on any atom is 0.272 e. The number of anilines is 1. The van der Waals surface area contributed by atoms with E-state index in [1.165, 1.54) is 16.8 Å². The lowest BCUT2D eigenvalue weighted by Gasteiger charge is -2.07. The van der Waals surface area contributed by atoms with Gasteiger partial charge in [0.2, 0.25) is 0 Å². The summed E-state index contributed by atoms with van der Waals surface area (Å²) in [6, 6.07) is 11.6. The fourth-order valence-corrected chi connectivity index (χ4v) is 3.08. The third-order valence-electron chi connectivity index (χ3n) is 3.19. The Kier molecular flexibility index (Phi) is 3.53. The van der Waals surface area contributed by atoms with Crippen LogP contribution in [-0.2, 0) is 6.54 Å². The third-order valence-corrected chi connectivity index (χ3v) is 4.21. The van der Waals surface area contributed by atoms with E-state index in [1.807, 2.05) is 29.6 Å². The fraction of sp³-hybridized carbons (Fsp3) is 0.0667. The molecule has 4 nitrogen and oxygen atoms in total. The number of fused-ring (bicyclic) bond motifs is 1. The molecule has 0 aliphatic rings. The van der Waals surface area contributed by atoms with E-state index in [9.17, 15) is 14.5 Å². The van der Waals surface area contributed by atoms with Crippen molar-refractivity contribution in [2.45, 2.75) is 6.54 Å². The summed E-state index contributed by atoms with van der Waals surface area (Å²) < 4.78 is 15.0. The van der Waals surface area contributed by atoms with Crippen LogP contribution in [0.2, 0.25) is 0 Å².